The molecule has 2 aliphatic heterocycles. The van der Waals surface area contributed by atoms with Crippen LogP contribution in [0.2, 0.25) is 0 Å². The summed E-state index contributed by atoms with van der Waals surface area (Å²) in [5.41, 5.74) is 2.12. The molecule has 0 saturated carbocycles. The fraction of sp³-hybridized carbons (Fsp3) is 0.625. The second-order valence-corrected chi connectivity index (χ2v) is 6.15. The molecule has 0 aliphatic carbocycles. The van der Waals surface area contributed by atoms with Crippen LogP contribution in [0.3, 0.4) is 0 Å². The summed E-state index contributed by atoms with van der Waals surface area (Å²) in [6, 6.07) is 5.55. The number of hydrogen-bond acceptors (Lipinski definition) is 2. The molecule has 19 heavy (non-hydrogen) atoms. The van der Waals surface area contributed by atoms with Crippen molar-refractivity contribution in [2.75, 3.05) is 26.3 Å². The molecule has 0 aromatic heterocycles. The fourth-order valence-corrected chi connectivity index (χ4v) is 3.38. The van der Waals surface area contributed by atoms with E-state index in [2.05, 4.69) is 5.32 Å². The van der Waals surface area contributed by atoms with Crippen molar-refractivity contribution in [2.45, 2.75) is 31.6 Å². The minimum atomic E-state index is -0.113. The molecular formula is C16H22FNO. The summed E-state index contributed by atoms with van der Waals surface area (Å²) in [6.45, 7) is 5.68. The van der Waals surface area contributed by atoms with Crippen molar-refractivity contribution in [1.82, 2.24) is 5.32 Å². The summed E-state index contributed by atoms with van der Waals surface area (Å²) in [7, 11) is 0. The van der Waals surface area contributed by atoms with Crippen LogP contribution in [0, 0.1) is 18.7 Å². The maximum Gasteiger partial charge on any atom is 0.126 e. The lowest BCUT2D eigenvalue weighted by Gasteiger charge is -2.45. The van der Waals surface area contributed by atoms with Gasteiger partial charge in [-0.05, 0) is 62.4 Å². The van der Waals surface area contributed by atoms with Crippen molar-refractivity contribution in [2.24, 2.45) is 5.92 Å². The lowest BCUT2D eigenvalue weighted by atomic mass is 9.70. The summed E-state index contributed by atoms with van der Waals surface area (Å²) in [4.78, 5) is 0. The van der Waals surface area contributed by atoms with Crippen LogP contribution in [-0.2, 0) is 10.2 Å². The van der Waals surface area contributed by atoms with Gasteiger partial charge in [0.15, 0.2) is 0 Å². The zero-order valence-corrected chi connectivity index (χ0v) is 11.5. The van der Waals surface area contributed by atoms with Gasteiger partial charge in [-0.25, -0.2) is 4.39 Å². The van der Waals surface area contributed by atoms with E-state index in [1.165, 1.54) is 18.4 Å². The van der Waals surface area contributed by atoms with Gasteiger partial charge in [0.05, 0.1) is 13.2 Å². The summed E-state index contributed by atoms with van der Waals surface area (Å²) in [5.74, 6) is 0.612. The van der Waals surface area contributed by atoms with Crippen LogP contribution < -0.4 is 5.32 Å². The van der Waals surface area contributed by atoms with Crippen molar-refractivity contribution in [1.29, 1.82) is 0 Å². The molecule has 3 rings (SSSR count). The Labute approximate surface area is 114 Å². The SMILES string of the molecule is Cc1cc(C2(CC3CCCNC3)COC2)ccc1F. The molecule has 2 fully saturated rings. The first-order valence-corrected chi connectivity index (χ1v) is 7.25. The number of nitrogens with one attached hydrogen (secondary N) is 1. The quantitative estimate of drug-likeness (QED) is 0.905. The fourth-order valence-electron chi connectivity index (χ4n) is 3.38. The Bertz CT molecular complexity index is 450. The van der Waals surface area contributed by atoms with Crippen LogP contribution in [0.4, 0.5) is 4.39 Å². The lowest BCUT2D eigenvalue weighted by molar-refractivity contribution is -0.0727. The molecule has 0 bridgehead atoms. The summed E-state index contributed by atoms with van der Waals surface area (Å²) in [6.07, 6.45) is 3.73. The van der Waals surface area contributed by atoms with Crippen LogP contribution >= 0.6 is 0 Å². The summed E-state index contributed by atoms with van der Waals surface area (Å²) >= 11 is 0. The van der Waals surface area contributed by atoms with E-state index in [-0.39, 0.29) is 11.2 Å². The van der Waals surface area contributed by atoms with Gasteiger partial charge in [-0.1, -0.05) is 12.1 Å². The van der Waals surface area contributed by atoms with Gasteiger partial charge in [0.1, 0.15) is 5.82 Å². The molecule has 1 atom stereocenters. The molecule has 1 aromatic rings. The van der Waals surface area contributed by atoms with Gasteiger partial charge in [0.2, 0.25) is 0 Å². The molecule has 1 unspecified atom stereocenters. The molecule has 0 radical (unpaired) electrons. The Kier molecular flexibility index (Phi) is 3.59. The number of aryl methyl sites for hydroxylation is 1. The molecule has 0 spiro atoms. The van der Waals surface area contributed by atoms with Crippen LogP contribution in [0.15, 0.2) is 18.2 Å². The number of halogens is 1. The van der Waals surface area contributed by atoms with E-state index in [1.54, 1.807) is 6.07 Å². The van der Waals surface area contributed by atoms with E-state index >= 15 is 0 Å². The Morgan fingerprint density at radius 1 is 1.42 bits per heavy atom. The zero-order valence-electron chi connectivity index (χ0n) is 11.5. The maximum absolute atomic E-state index is 13.4. The first-order valence-electron chi connectivity index (χ1n) is 7.25. The predicted molar refractivity (Wildman–Crippen MR) is 73.8 cm³/mol. The van der Waals surface area contributed by atoms with Gasteiger partial charge >= 0.3 is 0 Å². The molecule has 3 heteroatoms. The van der Waals surface area contributed by atoms with E-state index < -0.39 is 0 Å². The van der Waals surface area contributed by atoms with Gasteiger partial charge in [-0.2, -0.15) is 0 Å². The van der Waals surface area contributed by atoms with E-state index in [1.807, 2.05) is 19.1 Å². The second-order valence-electron chi connectivity index (χ2n) is 6.15. The molecule has 2 saturated heterocycles. The highest BCUT2D eigenvalue weighted by Crippen LogP contribution is 2.40. The molecule has 104 valence electrons. The highest BCUT2D eigenvalue weighted by atomic mass is 19.1. The van der Waals surface area contributed by atoms with Gasteiger partial charge < -0.3 is 10.1 Å². The average Bonchev–Trinajstić information content (AvgIpc) is 2.38. The smallest absolute Gasteiger partial charge is 0.126 e. The van der Waals surface area contributed by atoms with Gasteiger partial charge in [-0.3, -0.25) is 0 Å². The Balaban J connectivity index is 1.79. The van der Waals surface area contributed by atoms with E-state index in [9.17, 15) is 4.39 Å². The molecule has 2 nitrogen and oxygen atoms in total. The minimum Gasteiger partial charge on any atom is -0.379 e. The third-order valence-corrected chi connectivity index (χ3v) is 4.61. The number of piperidine rings is 1. The van der Waals surface area contributed by atoms with Crippen molar-refractivity contribution >= 4 is 0 Å². The van der Waals surface area contributed by atoms with Crippen molar-refractivity contribution < 1.29 is 9.13 Å². The number of hydrogen-bond donors (Lipinski definition) is 1. The van der Waals surface area contributed by atoms with E-state index in [0.29, 0.717) is 0 Å². The molecule has 2 heterocycles. The monoisotopic (exact) mass is 263 g/mol. The number of benzene rings is 1. The Hall–Kier alpha value is -0.930. The maximum atomic E-state index is 13.4. The standard InChI is InChI=1S/C16H22FNO/c1-12-7-14(4-5-15(12)17)16(10-19-11-16)8-13-3-2-6-18-9-13/h4-5,7,13,18H,2-3,6,8-11H2,1H3. The zero-order chi connectivity index (χ0) is 13.3. The average molecular weight is 263 g/mol. The van der Waals surface area contributed by atoms with Crippen molar-refractivity contribution in [3.63, 3.8) is 0 Å². The van der Waals surface area contributed by atoms with Crippen molar-refractivity contribution in [3.05, 3.63) is 35.1 Å². The van der Waals surface area contributed by atoms with Crippen LogP contribution in [-0.4, -0.2) is 26.3 Å². The number of ether oxygens (including phenoxy) is 1. The van der Waals surface area contributed by atoms with Crippen LogP contribution in [0.1, 0.15) is 30.4 Å². The predicted octanol–water partition coefficient (Wildman–Crippen LogP) is 2.79. The van der Waals surface area contributed by atoms with Gasteiger partial charge in [-0.15, -0.1) is 0 Å². The first kappa shape index (κ1) is 13.1. The van der Waals surface area contributed by atoms with Crippen LogP contribution in [0.25, 0.3) is 0 Å². The first-order chi connectivity index (χ1) is 9.20. The summed E-state index contributed by atoms with van der Waals surface area (Å²) < 4.78 is 18.9. The normalized spacial score (nSPS) is 25.9. The van der Waals surface area contributed by atoms with Crippen LogP contribution in [0.5, 0.6) is 0 Å². The lowest BCUT2D eigenvalue weighted by Crippen LogP contribution is -2.49. The summed E-state index contributed by atoms with van der Waals surface area (Å²) in [5, 5.41) is 3.48. The Morgan fingerprint density at radius 3 is 2.84 bits per heavy atom. The third kappa shape index (κ3) is 2.54. The molecule has 0 amide bonds. The Morgan fingerprint density at radius 2 is 2.26 bits per heavy atom. The third-order valence-electron chi connectivity index (χ3n) is 4.61. The number of rotatable bonds is 3. The van der Waals surface area contributed by atoms with E-state index in [4.69, 9.17) is 4.74 Å². The largest absolute Gasteiger partial charge is 0.379 e. The minimum absolute atomic E-state index is 0.113. The second kappa shape index (κ2) is 5.22. The van der Waals surface area contributed by atoms with Gasteiger partial charge in [0.25, 0.3) is 0 Å². The molecular weight excluding hydrogens is 241 g/mol. The van der Waals surface area contributed by atoms with E-state index in [0.717, 1.165) is 44.2 Å². The van der Waals surface area contributed by atoms with Crippen molar-refractivity contribution in [3.8, 4) is 0 Å². The molecule has 1 aromatic carbocycles. The highest BCUT2D eigenvalue weighted by Gasteiger charge is 2.42. The highest BCUT2D eigenvalue weighted by molar-refractivity contribution is 5.32. The van der Waals surface area contributed by atoms with Gasteiger partial charge in [0, 0.05) is 5.41 Å². The molecule has 1 N–H and O–H groups in total. The molecule has 2 aliphatic rings. The topological polar surface area (TPSA) is 21.3 Å².